The summed E-state index contributed by atoms with van der Waals surface area (Å²) in [5.41, 5.74) is 1.16. The lowest BCUT2D eigenvalue weighted by molar-refractivity contribution is -0.192. The Labute approximate surface area is 197 Å². The van der Waals surface area contributed by atoms with E-state index in [1.54, 1.807) is 18.2 Å². The predicted octanol–water partition coefficient (Wildman–Crippen LogP) is 3.59. The number of phenolic OH excluding ortho intramolecular Hbond substituents is 1. The number of alkyl halides is 3. The standard InChI is InChI=1S/C22H32N2O3.C2HF3O2/c25-19-6-1-5-18(15-19)16-21(26)23-11-3-8-22(10-13-23)9-4-12-24(22)17-20-7-2-14-27-20;3-2(4,5)1(6)7/h1,5-6,15,20,25H,2-4,7-14,16-17H2;(H,6,7). The second kappa shape index (κ2) is 11.4. The third-order valence-corrected chi connectivity index (χ3v) is 6.97. The molecule has 3 aliphatic heterocycles. The summed E-state index contributed by atoms with van der Waals surface area (Å²) in [4.78, 5) is 26.4. The molecule has 190 valence electrons. The number of phenols is 1. The Morgan fingerprint density at radius 2 is 1.79 bits per heavy atom. The molecule has 1 aromatic rings. The SMILES string of the molecule is O=C(Cc1cccc(O)c1)N1CCCC2(CCCN2CC2CCCO2)CC1.O=C(O)C(F)(F)F. The van der Waals surface area contributed by atoms with E-state index in [0.29, 0.717) is 12.5 Å². The van der Waals surface area contributed by atoms with Gasteiger partial charge in [-0.25, -0.2) is 4.79 Å². The molecule has 2 atom stereocenters. The molecular weight excluding hydrogens is 453 g/mol. The van der Waals surface area contributed by atoms with Crippen molar-refractivity contribution in [2.45, 2.75) is 69.2 Å². The Morgan fingerprint density at radius 3 is 2.41 bits per heavy atom. The van der Waals surface area contributed by atoms with Crippen molar-refractivity contribution in [1.82, 2.24) is 9.80 Å². The molecular formula is C24H33F3N2O5. The minimum atomic E-state index is -5.08. The molecule has 3 heterocycles. The minimum absolute atomic E-state index is 0.182. The molecule has 1 aromatic carbocycles. The highest BCUT2D eigenvalue weighted by Gasteiger charge is 2.43. The van der Waals surface area contributed by atoms with Gasteiger partial charge in [-0.2, -0.15) is 13.2 Å². The fourth-order valence-corrected chi connectivity index (χ4v) is 5.26. The molecule has 10 heteroatoms. The first kappa shape index (κ1) is 26.3. The molecule has 1 spiro atoms. The molecule has 0 bridgehead atoms. The second-order valence-electron chi connectivity index (χ2n) is 9.29. The summed E-state index contributed by atoms with van der Waals surface area (Å²) in [5.74, 6) is -2.35. The van der Waals surface area contributed by atoms with Gasteiger partial charge < -0.3 is 19.8 Å². The predicted molar refractivity (Wildman–Crippen MR) is 118 cm³/mol. The summed E-state index contributed by atoms with van der Waals surface area (Å²) in [6, 6.07) is 7.05. The van der Waals surface area contributed by atoms with E-state index in [9.17, 15) is 23.1 Å². The van der Waals surface area contributed by atoms with Crippen LogP contribution in [-0.2, 0) is 20.7 Å². The van der Waals surface area contributed by atoms with Crippen LogP contribution in [0.25, 0.3) is 0 Å². The van der Waals surface area contributed by atoms with Crippen LogP contribution in [0, 0.1) is 0 Å². The lowest BCUT2D eigenvalue weighted by atomic mass is 9.87. The Balaban J connectivity index is 0.000000406. The number of carbonyl (C=O) groups is 2. The number of aromatic hydroxyl groups is 1. The molecule has 0 radical (unpaired) electrons. The van der Waals surface area contributed by atoms with Gasteiger partial charge in [0.25, 0.3) is 0 Å². The van der Waals surface area contributed by atoms with E-state index in [4.69, 9.17) is 14.6 Å². The molecule has 0 saturated carbocycles. The number of ether oxygens (including phenoxy) is 1. The van der Waals surface area contributed by atoms with Gasteiger partial charge >= 0.3 is 12.1 Å². The van der Waals surface area contributed by atoms with Gasteiger partial charge in [-0.1, -0.05) is 12.1 Å². The Morgan fingerprint density at radius 1 is 1.09 bits per heavy atom. The lowest BCUT2D eigenvalue weighted by Gasteiger charge is -2.39. The maximum Gasteiger partial charge on any atom is 0.490 e. The van der Waals surface area contributed by atoms with E-state index < -0.39 is 12.1 Å². The largest absolute Gasteiger partial charge is 0.508 e. The highest BCUT2D eigenvalue weighted by Crippen LogP contribution is 2.39. The molecule has 3 fully saturated rings. The molecule has 2 N–H and O–H groups in total. The average molecular weight is 487 g/mol. The second-order valence-corrected chi connectivity index (χ2v) is 9.29. The number of aliphatic carboxylic acids is 1. The summed E-state index contributed by atoms with van der Waals surface area (Å²) >= 11 is 0. The first-order valence-corrected chi connectivity index (χ1v) is 11.8. The maximum absolute atomic E-state index is 12.8. The van der Waals surface area contributed by atoms with Crippen LogP contribution in [0.4, 0.5) is 13.2 Å². The van der Waals surface area contributed by atoms with Crippen molar-refractivity contribution < 1.29 is 37.7 Å². The molecule has 0 aromatic heterocycles. The summed E-state index contributed by atoms with van der Waals surface area (Å²) < 4.78 is 37.6. The number of rotatable bonds is 4. The van der Waals surface area contributed by atoms with Crippen molar-refractivity contribution in [1.29, 1.82) is 0 Å². The van der Waals surface area contributed by atoms with Crippen LogP contribution in [0.3, 0.4) is 0 Å². The minimum Gasteiger partial charge on any atom is -0.508 e. The first-order valence-electron chi connectivity index (χ1n) is 11.8. The van der Waals surface area contributed by atoms with E-state index in [0.717, 1.165) is 44.6 Å². The summed E-state index contributed by atoms with van der Waals surface area (Å²) in [5, 5.41) is 16.8. The number of benzene rings is 1. The van der Waals surface area contributed by atoms with Gasteiger partial charge in [0.05, 0.1) is 12.5 Å². The van der Waals surface area contributed by atoms with Crippen molar-refractivity contribution in [2.75, 3.05) is 32.8 Å². The molecule has 0 aliphatic carbocycles. The number of nitrogens with zero attached hydrogens (tertiary/aromatic N) is 2. The van der Waals surface area contributed by atoms with Crippen LogP contribution in [0.2, 0.25) is 0 Å². The van der Waals surface area contributed by atoms with Crippen LogP contribution in [0.15, 0.2) is 24.3 Å². The smallest absolute Gasteiger partial charge is 0.490 e. The Kier molecular flexibility index (Phi) is 8.81. The van der Waals surface area contributed by atoms with E-state index in [2.05, 4.69) is 4.90 Å². The van der Waals surface area contributed by atoms with Crippen LogP contribution in [0.5, 0.6) is 5.75 Å². The van der Waals surface area contributed by atoms with Crippen molar-refractivity contribution in [3.05, 3.63) is 29.8 Å². The molecule has 1 amide bonds. The van der Waals surface area contributed by atoms with Gasteiger partial charge in [0.2, 0.25) is 5.91 Å². The van der Waals surface area contributed by atoms with Crippen molar-refractivity contribution >= 4 is 11.9 Å². The zero-order valence-corrected chi connectivity index (χ0v) is 19.2. The Hall–Kier alpha value is -2.33. The van der Waals surface area contributed by atoms with Crippen LogP contribution >= 0.6 is 0 Å². The van der Waals surface area contributed by atoms with Gasteiger partial charge in [0.15, 0.2) is 0 Å². The fourth-order valence-electron chi connectivity index (χ4n) is 5.26. The summed E-state index contributed by atoms with van der Waals surface area (Å²) in [7, 11) is 0. The maximum atomic E-state index is 12.8. The molecule has 3 aliphatic rings. The fraction of sp³-hybridized carbons (Fsp3) is 0.667. The number of amides is 1. The van der Waals surface area contributed by atoms with E-state index in [1.807, 2.05) is 11.0 Å². The lowest BCUT2D eigenvalue weighted by Crippen LogP contribution is -2.47. The quantitative estimate of drug-likeness (QED) is 0.676. The van der Waals surface area contributed by atoms with Gasteiger partial charge in [0.1, 0.15) is 5.75 Å². The van der Waals surface area contributed by atoms with Crippen molar-refractivity contribution in [3.63, 3.8) is 0 Å². The molecule has 2 unspecified atom stereocenters. The van der Waals surface area contributed by atoms with Gasteiger partial charge in [-0.15, -0.1) is 0 Å². The van der Waals surface area contributed by atoms with Crippen molar-refractivity contribution in [3.8, 4) is 5.75 Å². The third-order valence-electron chi connectivity index (χ3n) is 6.97. The first-order chi connectivity index (χ1) is 16.1. The number of halogens is 3. The topological polar surface area (TPSA) is 90.3 Å². The van der Waals surface area contributed by atoms with Gasteiger partial charge in [-0.3, -0.25) is 9.69 Å². The Bertz CT molecular complexity index is 844. The number of hydrogen-bond donors (Lipinski definition) is 2. The van der Waals surface area contributed by atoms with Gasteiger partial charge in [0, 0.05) is 31.8 Å². The zero-order chi connectivity index (χ0) is 24.8. The monoisotopic (exact) mass is 486 g/mol. The van der Waals surface area contributed by atoms with Gasteiger partial charge in [-0.05, 0) is 69.2 Å². The molecule has 3 saturated heterocycles. The van der Waals surface area contributed by atoms with E-state index in [1.165, 1.54) is 38.6 Å². The zero-order valence-electron chi connectivity index (χ0n) is 19.2. The normalized spacial score (nSPS) is 25.6. The third kappa shape index (κ3) is 7.09. The molecule has 7 nitrogen and oxygen atoms in total. The summed E-state index contributed by atoms with van der Waals surface area (Å²) in [6.45, 7) is 4.87. The highest BCUT2D eigenvalue weighted by molar-refractivity contribution is 5.79. The van der Waals surface area contributed by atoms with E-state index >= 15 is 0 Å². The number of carboxylic acids is 1. The van der Waals surface area contributed by atoms with E-state index in [-0.39, 0.29) is 17.2 Å². The van der Waals surface area contributed by atoms with Crippen LogP contribution < -0.4 is 0 Å². The van der Waals surface area contributed by atoms with Crippen LogP contribution in [0.1, 0.15) is 50.5 Å². The van der Waals surface area contributed by atoms with Crippen LogP contribution in [-0.4, -0.2) is 82.5 Å². The highest BCUT2D eigenvalue weighted by atomic mass is 19.4. The van der Waals surface area contributed by atoms with Crippen molar-refractivity contribution in [2.24, 2.45) is 0 Å². The number of hydrogen-bond acceptors (Lipinski definition) is 5. The number of carbonyl (C=O) groups excluding carboxylic acids is 1. The average Bonchev–Trinajstić information content (AvgIpc) is 3.35. The number of carboxylic acid groups (broad SMARTS) is 1. The molecule has 34 heavy (non-hydrogen) atoms. The number of likely N-dealkylation sites (tertiary alicyclic amines) is 2. The molecule has 4 rings (SSSR count). The summed E-state index contributed by atoms with van der Waals surface area (Å²) in [6.07, 6.45) is 3.96.